The fourth-order valence-corrected chi connectivity index (χ4v) is 1.00. The van der Waals surface area contributed by atoms with Crippen molar-refractivity contribution in [3.63, 3.8) is 0 Å². The van der Waals surface area contributed by atoms with Gasteiger partial charge in [0.05, 0.1) is 12.3 Å². The maximum Gasteiger partial charge on any atom is 0.258 e. The number of carbonyl (C=O) groups excluding carboxylic acids is 1. The van der Waals surface area contributed by atoms with Gasteiger partial charge in [-0.1, -0.05) is 12.1 Å². The molecule has 82 valence electrons. The lowest BCUT2D eigenvalue weighted by Gasteiger charge is -2.08. The molecule has 0 bridgehead atoms. The molecule has 4 N–H and O–H groups in total. The van der Waals surface area contributed by atoms with E-state index >= 15 is 0 Å². The molecule has 0 saturated heterocycles. The summed E-state index contributed by atoms with van der Waals surface area (Å²) in [7, 11) is 0. The van der Waals surface area contributed by atoms with Crippen LogP contribution in [-0.2, 0) is 4.79 Å². The first-order valence-corrected chi connectivity index (χ1v) is 4.59. The molecule has 0 atom stereocenters. The molecule has 0 aliphatic rings. The molecule has 1 aromatic carbocycles. The van der Waals surface area contributed by atoms with Gasteiger partial charge in [0, 0.05) is 6.54 Å². The maximum atomic E-state index is 11.1. The van der Waals surface area contributed by atoms with Crippen LogP contribution in [0.3, 0.4) is 0 Å². The zero-order chi connectivity index (χ0) is 11.1. The van der Waals surface area contributed by atoms with Crippen molar-refractivity contribution in [3.8, 4) is 5.75 Å². The number of nitrogens with one attached hydrogen (secondary N) is 1. The molecule has 5 heteroatoms. The van der Waals surface area contributed by atoms with Gasteiger partial charge in [0.1, 0.15) is 5.75 Å². The van der Waals surface area contributed by atoms with Gasteiger partial charge in [0.25, 0.3) is 5.91 Å². The van der Waals surface area contributed by atoms with Crippen LogP contribution in [0.15, 0.2) is 24.3 Å². The van der Waals surface area contributed by atoms with Crippen LogP contribution >= 0.6 is 0 Å². The number of benzene rings is 1. The van der Waals surface area contributed by atoms with Crippen molar-refractivity contribution in [1.29, 1.82) is 0 Å². The zero-order valence-corrected chi connectivity index (χ0v) is 8.27. The SMILES string of the molecule is Nc1ccccc1OCC(=O)NCCO. The van der Waals surface area contributed by atoms with Crippen LogP contribution in [0.4, 0.5) is 5.69 Å². The minimum atomic E-state index is -0.285. The van der Waals surface area contributed by atoms with E-state index in [2.05, 4.69) is 5.32 Å². The predicted octanol–water partition coefficient (Wildman–Crippen LogP) is -0.244. The summed E-state index contributed by atoms with van der Waals surface area (Å²) in [5.74, 6) is 0.198. The zero-order valence-electron chi connectivity index (χ0n) is 8.27. The summed E-state index contributed by atoms with van der Waals surface area (Å²) in [5.41, 5.74) is 6.10. The highest BCUT2D eigenvalue weighted by Crippen LogP contribution is 2.19. The second kappa shape index (κ2) is 5.87. The van der Waals surface area contributed by atoms with Crippen LogP contribution in [0.25, 0.3) is 0 Å². The number of aliphatic hydroxyl groups excluding tert-OH is 1. The van der Waals surface area contributed by atoms with Gasteiger partial charge in [0.2, 0.25) is 0 Å². The van der Waals surface area contributed by atoms with Crippen LogP contribution < -0.4 is 15.8 Å². The standard InChI is InChI=1S/C10H14N2O3/c11-8-3-1-2-4-9(8)15-7-10(14)12-5-6-13/h1-4,13H,5-7,11H2,(H,12,14). The lowest BCUT2D eigenvalue weighted by molar-refractivity contribution is -0.123. The maximum absolute atomic E-state index is 11.1. The average molecular weight is 210 g/mol. The minimum Gasteiger partial charge on any atom is -0.482 e. The number of nitrogen functional groups attached to an aromatic ring is 1. The van der Waals surface area contributed by atoms with Crippen molar-refractivity contribution in [2.45, 2.75) is 0 Å². The molecule has 0 fully saturated rings. The summed E-state index contributed by atoms with van der Waals surface area (Å²) < 4.78 is 5.18. The molecule has 1 aromatic rings. The van der Waals surface area contributed by atoms with Crippen molar-refractivity contribution < 1.29 is 14.6 Å². The number of amides is 1. The highest BCUT2D eigenvalue weighted by molar-refractivity contribution is 5.77. The number of nitrogens with two attached hydrogens (primary N) is 1. The molecule has 1 rings (SSSR count). The molecule has 1 amide bonds. The quantitative estimate of drug-likeness (QED) is 0.585. The Morgan fingerprint density at radius 1 is 1.47 bits per heavy atom. The summed E-state index contributed by atoms with van der Waals surface area (Å²) in [4.78, 5) is 11.1. The van der Waals surface area contributed by atoms with Crippen LogP contribution in [-0.4, -0.2) is 30.8 Å². The van der Waals surface area contributed by atoms with Crippen molar-refractivity contribution in [2.24, 2.45) is 0 Å². The van der Waals surface area contributed by atoms with Gasteiger partial charge in [-0.2, -0.15) is 0 Å². The first kappa shape index (κ1) is 11.3. The Hall–Kier alpha value is -1.75. The molecular weight excluding hydrogens is 196 g/mol. The van der Waals surface area contributed by atoms with E-state index in [4.69, 9.17) is 15.6 Å². The molecule has 0 saturated carbocycles. The number of aliphatic hydroxyl groups is 1. The normalized spacial score (nSPS) is 9.67. The van der Waals surface area contributed by atoms with Crippen LogP contribution in [0.5, 0.6) is 5.75 Å². The van der Waals surface area contributed by atoms with Gasteiger partial charge >= 0.3 is 0 Å². The average Bonchev–Trinajstić information content (AvgIpc) is 2.25. The topological polar surface area (TPSA) is 84.6 Å². The molecule has 0 unspecified atom stereocenters. The summed E-state index contributed by atoms with van der Waals surface area (Å²) in [6, 6.07) is 6.95. The van der Waals surface area contributed by atoms with Gasteiger partial charge in [-0.05, 0) is 12.1 Å². The van der Waals surface area contributed by atoms with E-state index in [-0.39, 0.29) is 25.7 Å². The Labute approximate surface area is 87.9 Å². The smallest absolute Gasteiger partial charge is 0.258 e. The van der Waals surface area contributed by atoms with Crippen LogP contribution in [0.2, 0.25) is 0 Å². The molecule has 0 aliphatic carbocycles. The molecule has 5 nitrogen and oxygen atoms in total. The largest absolute Gasteiger partial charge is 0.482 e. The van der Waals surface area contributed by atoms with Crippen molar-refractivity contribution in [2.75, 3.05) is 25.5 Å². The van der Waals surface area contributed by atoms with E-state index in [0.717, 1.165) is 0 Å². The number of rotatable bonds is 5. The molecule has 0 radical (unpaired) electrons. The predicted molar refractivity (Wildman–Crippen MR) is 56.4 cm³/mol. The van der Waals surface area contributed by atoms with E-state index in [1.54, 1.807) is 24.3 Å². The third-order valence-corrected chi connectivity index (χ3v) is 1.71. The van der Waals surface area contributed by atoms with Gasteiger partial charge in [-0.25, -0.2) is 0 Å². The van der Waals surface area contributed by atoms with E-state index in [1.165, 1.54) is 0 Å². The van der Waals surface area contributed by atoms with E-state index in [1.807, 2.05) is 0 Å². The highest BCUT2D eigenvalue weighted by atomic mass is 16.5. The summed E-state index contributed by atoms with van der Waals surface area (Å²) in [6.07, 6.45) is 0. The van der Waals surface area contributed by atoms with Crippen molar-refractivity contribution >= 4 is 11.6 Å². The summed E-state index contributed by atoms with van der Waals surface area (Å²) >= 11 is 0. The molecular formula is C10H14N2O3. The molecule has 0 aromatic heterocycles. The Morgan fingerprint density at radius 2 is 2.20 bits per heavy atom. The fraction of sp³-hybridized carbons (Fsp3) is 0.300. The van der Waals surface area contributed by atoms with E-state index in [0.29, 0.717) is 11.4 Å². The van der Waals surface area contributed by atoms with Gasteiger partial charge in [0.15, 0.2) is 6.61 Å². The third-order valence-electron chi connectivity index (χ3n) is 1.71. The Kier molecular flexibility index (Phi) is 4.43. The van der Waals surface area contributed by atoms with Gasteiger partial charge < -0.3 is 20.9 Å². The number of carbonyl (C=O) groups is 1. The lowest BCUT2D eigenvalue weighted by Crippen LogP contribution is -2.31. The van der Waals surface area contributed by atoms with Crippen LogP contribution in [0, 0.1) is 0 Å². The van der Waals surface area contributed by atoms with Crippen LogP contribution in [0.1, 0.15) is 0 Å². The highest BCUT2D eigenvalue weighted by Gasteiger charge is 2.03. The first-order valence-electron chi connectivity index (χ1n) is 4.59. The molecule has 0 spiro atoms. The minimum absolute atomic E-state index is 0.0841. The van der Waals surface area contributed by atoms with E-state index in [9.17, 15) is 4.79 Å². The first-order chi connectivity index (χ1) is 7.24. The van der Waals surface area contributed by atoms with Gasteiger partial charge in [-0.15, -0.1) is 0 Å². The second-order valence-corrected chi connectivity index (χ2v) is 2.90. The van der Waals surface area contributed by atoms with Crippen molar-refractivity contribution in [1.82, 2.24) is 5.32 Å². The Bertz CT molecular complexity index is 328. The number of ether oxygens (including phenoxy) is 1. The van der Waals surface area contributed by atoms with Gasteiger partial charge in [-0.3, -0.25) is 4.79 Å². The summed E-state index contributed by atoms with van der Waals surface area (Å²) in [5, 5.41) is 10.9. The Morgan fingerprint density at radius 3 is 2.87 bits per heavy atom. The number of para-hydroxylation sites is 2. The van der Waals surface area contributed by atoms with E-state index < -0.39 is 0 Å². The molecule has 15 heavy (non-hydrogen) atoms. The fourth-order valence-electron chi connectivity index (χ4n) is 1.00. The summed E-state index contributed by atoms with van der Waals surface area (Å²) in [6.45, 7) is 0.0416. The number of anilines is 1. The monoisotopic (exact) mass is 210 g/mol. The molecule has 0 heterocycles. The Balaban J connectivity index is 2.37. The molecule has 0 aliphatic heterocycles. The second-order valence-electron chi connectivity index (χ2n) is 2.90. The third kappa shape index (κ3) is 3.86. The number of hydrogen-bond donors (Lipinski definition) is 3. The van der Waals surface area contributed by atoms with Crippen molar-refractivity contribution in [3.05, 3.63) is 24.3 Å². The lowest BCUT2D eigenvalue weighted by atomic mass is 10.3. The number of hydrogen-bond acceptors (Lipinski definition) is 4.